The van der Waals surface area contributed by atoms with Crippen molar-refractivity contribution in [1.29, 1.82) is 0 Å². The van der Waals surface area contributed by atoms with Gasteiger partial charge < -0.3 is 15.9 Å². The van der Waals surface area contributed by atoms with E-state index < -0.39 is 22.2 Å². The van der Waals surface area contributed by atoms with Crippen molar-refractivity contribution >= 4 is 27.5 Å². The van der Waals surface area contributed by atoms with Gasteiger partial charge in [-0.2, -0.15) is 4.31 Å². The van der Waals surface area contributed by atoms with Crippen molar-refractivity contribution in [3.8, 4) is 0 Å². The van der Waals surface area contributed by atoms with Gasteiger partial charge in [-0.1, -0.05) is 6.07 Å². The first-order valence-corrected chi connectivity index (χ1v) is 8.80. The molecule has 1 heterocycles. The normalized spacial score (nSPS) is 24.1. The lowest BCUT2D eigenvalue weighted by Crippen LogP contribution is -2.32. The van der Waals surface area contributed by atoms with Crippen LogP contribution in [0, 0.1) is 0 Å². The smallest absolute Gasteiger partial charge is 0.215 e. The zero-order valence-corrected chi connectivity index (χ0v) is 12.5. The lowest BCUT2D eigenvalue weighted by atomic mass is 10.3. The molecule has 0 bridgehead atoms. The second-order valence-corrected chi connectivity index (χ2v) is 7.95. The summed E-state index contributed by atoms with van der Waals surface area (Å²) in [6.07, 6.45) is -1.99. The number of β-amino-alcohol motifs (C(OH)–C–C–N with tert-alkyl or cyclic N) is 2. The third kappa shape index (κ3) is 3.86. The third-order valence-electron chi connectivity index (χ3n) is 3.09. The fourth-order valence-corrected chi connectivity index (χ4v) is 4.78. The summed E-state index contributed by atoms with van der Waals surface area (Å²) in [6, 6.07) is 7.25. The maximum absolute atomic E-state index is 12.0. The number of thioether (sulfide) groups is 1. The average molecular weight is 318 g/mol. The molecule has 6 nitrogen and oxygen atoms in total. The fraction of sp³-hybridized carbons (Fsp3) is 0.500. The highest BCUT2D eigenvalue weighted by atomic mass is 32.2. The number of rotatable bonds is 5. The molecule has 0 radical (unpaired) electrons. The summed E-state index contributed by atoms with van der Waals surface area (Å²) < 4.78 is 25.2. The minimum absolute atomic E-state index is 0.0353. The maximum Gasteiger partial charge on any atom is 0.215 e. The predicted molar refractivity (Wildman–Crippen MR) is 79.0 cm³/mol. The van der Waals surface area contributed by atoms with Crippen LogP contribution in [0.3, 0.4) is 0 Å². The summed E-state index contributed by atoms with van der Waals surface area (Å²) in [7, 11) is -3.44. The van der Waals surface area contributed by atoms with Crippen LogP contribution >= 0.6 is 11.8 Å². The monoisotopic (exact) mass is 318 g/mol. The number of hydrogen-bond acceptors (Lipinski definition) is 6. The van der Waals surface area contributed by atoms with Crippen LogP contribution in [0.2, 0.25) is 0 Å². The highest BCUT2D eigenvalue weighted by Gasteiger charge is 2.36. The lowest BCUT2D eigenvalue weighted by Gasteiger charge is -2.15. The molecule has 1 saturated heterocycles. The Hall–Kier alpha value is -0.800. The second kappa shape index (κ2) is 6.31. The van der Waals surface area contributed by atoms with Gasteiger partial charge in [0, 0.05) is 29.4 Å². The van der Waals surface area contributed by atoms with Crippen molar-refractivity contribution in [2.75, 3.05) is 30.3 Å². The van der Waals surface area contributed by atoms with E-state index in [1.165, 1.54) is 11.8 Å². The zero-order valence-electron chi connectivity index (χ0n) is 10.8. The van der Waals surface area contributed by atoms with E-state index in [1.807, 2.05) is 12.1 Å². The first kappa shape index (κ1) is 15.6. The molecular weight excluding hydrogens is 300 g/mol. The standard InChI is InChI=1S/C12H18N2O4S2/c13-9-2-1-3-10(6-9)19-4-5-20(17,18)14-7-11(15)12(16)8-14/h1-3,6,11-12,15-16H,4-5,7-8,13H2. The minimum Gasteiger partial charge on any atom is -0.399 e. The first-order chi connectivity index (χ1) is 9.38. The molecule has 20 heavy (non-hydrogen) atoms. The number of anilines is 1. The number of aliphatic hydroxyl groups is 2. The quantitative estimate of drug-likeness (QED) is 0.510. The van der Waals surface area contributed by atoms with Crippen molar-refractivity contribution in [3.05, 3.63) is 24.3 Å². The summed E-state index contributed by atoms with van der Waals surface area (Å²) in [6.45, 7) is -0.0705. The number of aliphatic hydroxyl groups excluding tert-OH is 2. The Labute approximate surface area is 122 Å². The largest absolute Gasteiger partial charge is 0.399 e. The van der Waals surface area contributed by atoms with Gasteiger partial charge in [0.05, 0.1) is 18.0 Å². The van der Waals surface area contributed by atoms with E-state index in [-0.39, 0.29) is 18.8 Å². The molecule has 112 valence electrons. The Morgan fingerprint density at radius 3 is 2.55 bits per heavy atom. The fourth-order valence-electron chi connectivity index (χ4n) is 1.96. The number of nitrogens with two attached hydrogens (primary N) is 1. The molecule has 0 aliphatic carbocycles. The van der Waals surface area contributed by atoms with Gasteiger partial charge in [-0.15, -0.1) is 11.8 Å². The highest BCUT2D eigenvalue weighted by Crippen LogP contribution is 2.22. The molecular formula is C12H18N2O4S2. The molecule has 0 aromatic heterocycles. The summed E-state index contributed by atoms with van der Waals surface area (Å²) >= 11 is 1.41. The number of nitrogens with zero attached hydrogens (tertiary/aromatic N) is 1. The molecule has 0 saturated carbocycles. The van der Waals surface area contributed by atoms with E-state index in [2.05, 4.69) is 0 Å². The van der Waals surface area contributed by atoms with Crippen LogP contribution in [0.15, 0.2) is 29.2 Å². The number of nitrogen functional groups attached to an aromatic ring is 1. The van der Waals surface area contributed by atoms with E-state index >= 15 is 0 Å². The lowest BCUT2D eigenvalue weighted by molar-refractivity contribution is 0.0572. The van der Waals surface area contributed by atoms with Crippen LogP contribution in [0.1, 0.15) is 0 Å². The van der Waals surface area contributed by atoms with Crippen molar-refractivity contribution < 1.29 is 18.6 Å². The molecule has 1 aliphatic rings. The molecule has 1 aromatic rings. The molecule has 2 rings (SSSR count). The van der Waals surface area contributed by atoms with Crippen LogP contribution in [0.25, 0.3) is 0 Å². The Morgan fingerprint density at radius 2 is 1.95 bits per heavy atom. The van der Waals surface area contributed by atoms with Gasteiger partial charge in [0.2, 0.25) is 10.0 Å². The van der Waals surface area contributed by atoms with Gasteiger partial charge >= 0.3 is 0 Å². The Balaban J connectivity index is 1.87. The minimum atomic E-state index is -3.44. The molecule has 2 unspecified atom stereocenters. The maximum atomic E-state index is 12.0. The second-order valence-electron chi connectivity index (χ2n) is 4.69. The predicted octanol–water partition coefficient (Wildman–Crippen LogP) is -0.272. The van der Waals surface area contributed by atoms with Gasteiger partial charge in [0.15, 0.2) is 0 Å². The molecule has 4 N–H and O–H groups in total. The van der Waals surface area contributed by atoms with Crippen molar-refractivity contribution in [2.45, 2.75) is 17.1 Å². The summed E-state index contributed by atoms with van der Waals surface area (Å²) in [4.78, 5) is 0.918. The Morgan fingerprint density at radius 1 is 1.30 bits per heavy atom. The van der Waals surface area contributed by atoms with Crippen LogP contribution < -0.4 is 5.73 Å². The average Bonchev–Trinajstić information content (AvgIpc) is 2.70. The van der Waals surface area contributed by atoms with Crippen molar-refractivity contribution in [2.24, 2.45) is 0 Å². The topological polar surface area (TPSA) is 104 Å². The van der Waals surface area contributed by atoms with E-state index in [4.69, 9.17) is 5.73 Å². The summed E-state index contributed by atoms with van der Waals surface area (Å²) in [5.41, 5.74) is 6.29. The van der Waals surface area contributed by atoms with Crippen LogP contribution in [-0.2, 0) is 10.0 Å². The molecule has 1 aliphatic heterocycles. The van der Waals surface area contributed by atoms with Gasteiger partial charge in [-0.05, 0) is 18.2 Å². The first-order valence-electron chi connectivity index (χ1n) is 6.21. The van der Waals surface area contributed by atoms with E-state index in [9.17, 15) is 18.6 Å². The third-order valence-corrected chi connectivity index (χ3v) is 6.15. The molecule has 2 atom stereocenters. The SMILES string of the molecule is Nc1cccc(SCCS(=O)(=O)N2CC(O)C(O)C2)c1. The Kier molecular flexibility index (Phi) is 4.92. The Bertz CT molecular complexity index is 554. The molecule has 0 amide bonds. The molecule has 1 fully saturated rings. The van der Waals surface area contributed by atoms with Crippen LogP contribution in [0.4, 0.5) is 5.69 Å². The van der Waals surface area contributed by atoms with Gasteiger partial charge in [-0.25, -0.2) is 8.42 Å². The van der Waals surface area contributed by atoms with E-state index in [1.54, 1.807) is 12.1 Å². The van der Waals surface area contributed by atoms with Crippen molar-refractivity contribution in [1.82, 2.24) is 4.31 Å². The van der Waals surface area contributed by atoms with Gasteiger partial charge in [0.1, 0.15) is 0 Å². The van der Waals surface area contributed by atoms with Crippen LogP contribution in [0.5, 0.6) is 0 Å². The van der Waals surface area contributed by atoms with E-state index in [0.717, 1.165) is 9.20 Å². The summed E-state index contributed by atoms with van der Waals surface area (Å²) in [5, 5.41) is 18.8. The van der Waals surface area contributed by atoms with E-state index in [0.29, 0.717) is 11.4 Å². The summed E-state index contributed by atoms with van der Waals surface area (Å²) in [5.74, 6) is 0.361. The molecule has 1 aromatic carbocycles. The number of hydrogen-bond donors (Lipinski definition) is 3. The zero-order chi connectivity index (χ0) is 14.8. The van der Waals surface area contributed by atoms with Crippen molar-refractivity contribution in [3.63, 3.8) is 0 Å². The van der Waals surface area contributed by atoms with Gasteiger partial charge in [0.25, 0.3) is 0 Å². The molecule has 8 heteroatoms. The van der Waals surface area contributed by atoms with Gasteiger partial charge in [-0.3, -0.25) is 0 Å². The highest BCUT2D eigenvalue weighted by molar-refractivity contribution is 8.00. The van der Waals surface area contributed by atoms with Crippen LogP contribution in [-0.4, -0.2) is 59.7 Å². The molecule has 0 spiro atoms. The number of sulfonamides is 1. The number of benzene rings is 1.